The number of methoxy groups -OCH3 is 1. The number of dihydropyridines is 1. The van der Waals surface area contributed by atoms with Crippen LogP contribution < -0.4 is 10.6 Å². The third-order valence-electron chi connectivity index (χ3n) is 8.78. The van der Waals surface area contributed by atoms with E-state index in [9.17, 15) is 24.5 Å². The molecule has 2 heterocycles. The highest BCUT2D eigenvalue weighted by atomic mass is 16.6. The summed E-state index contributed by atoms with van der Waals surface area (Å²) in [7, 11) is 1.44. The van der Waals surface area contributed by atoms with Crippen LogP contribution in [0.5, 0.6) is 0 Å². The summed E-state index contributed by atoms with van der Waals surface area (Å²) in [6.07, 6.45) is 4.63. The van der Waals surface area contributed by atoms with Gasteiger partial charge in [-0.1, -0.05) is 56.3 Å². The Morgan fingerprint density at radius 1 is 1.09 bits per heavy atom. The van der Waals surface area contributed by atoms with Gasteiger partial charge in [0.05, 0.1) is 34.8 Å². The summed E-state index contributed by atoms with van der Waals surface area (Å²) in [5.74, 6) is -0.713. The summed E-state index contributed by atoms with van der Waals surface area (Å²) in [6.45, 7) is 6.57. The van der Waals surface area contributed by atoms with Gasteiger partial charge in [-0.05, 0) is 62.9 Å². The Labute approximate surface area is 258 Å². The zero-order valence-electron chi connectivity index (χ0n) is 25.6. The fourth-order valence-electron chi connectivity index (χ4n) is 6.45. The van der Waals surface area contributed by atoms with Gasteiger partial charge in [-0.25, -0.2) is 0 Å². The molecule has 0 saturated carbocycles. The van der Waals surface area contributed by atoms with Crippen molar-refractivity contribution in [3.8, 4) is 0 Å². The van der Waals surface area contributed by atoms with Crippen LogP contribution in [0.1, 0.15) is 63.0 Å². The average molecular weight is 604 g/mol. The van der Waals surface area contributed by atoms with Crippen molar-refractivity contribution in [3.63, 3.8) is 0 Å². The number of likely N-dealkylation sites (tertiary alicyclic amines) is 1. The number of hydrogen-bond acceptors (Lipinski definition) is 8. The van der Waals surface area contributed by atoms with Crippen molar-refractivity contribution in [1.29, 1.82) is 0 Å². The number of hydrogen-bond donors (Lipinski definition) is 2. The summed E-state index contributed by atoms with van der Waals surface area (Å²) in [6, 6.07) is 16.0. The van der Waals surface area contributed by atoms with E-state index in [0.29, 0.717) is 56.5 Å². The second kappa shape index (κ2) is 14.8. The van der Waals surface area contributed by atoms with Gasteiger partial charge in [0.2, 0.25) is 12.8 Å². The largest absolute Gasteiger partial charge is 0.468 e. The van der Waals surface area contributed by atoms with Crippen LogP contribution in [0.15, 0.2) is 77.4 Å². The van der Waals surface area contributed by atoms with Crippen LogP contribution in [-0.4, -0.2) is 66.8 Å². The molecule has 11 nitrogen and oxygen atoms in total. The Morgan fingerprint density at radius 2 is 1.75 bits per heavy atom. The fraction of sp³-hybridized carbons (Fsp3) is 0.424. The molecule has 4 rings (SSSR count). The SMILES string of the molecule is CCC1=C(NC=O)C(c2ccc([N+](=O)[O-])cc2)C(N(C=O)CCCN2CCC(C(=O)OC)(c3ccccc3)CC2)=C(CC)N1. The molecular weight excluding hydrogens is 562 g/mol. The van der Waals surface area contributed by atoms with Crippen molar-refractivity contribution >= 4 is 24.5 Å². The lowest BCUT2D eigenvalue weighted by Gasteiger charge is -2.40. The molecule has 2 N–H and O–H groups in total. The molecule has 1 fully saturated rings. The molecule has 2 aliphatic rings. The van der Waals surface area contributed by atoms with Gasteiger partial charge < -0.3 is 25.2 Å². The number of nitro benzene ring substituents is 1. The molecular formula is C33H41N5O6. The predicted octanol–water partition coefficient (Wildman–Crippen LogP) is 4.33. The van der Waals surface area contributed by atoms with Gasteiger partial charge in [0, 0.05) is 30.1 Å². The Kier molecular flexibility index (Phi) is 10.9. The molecule has 0 radical (unpaired) electrons. The molecule has 11 heteroatoms. The predicted molar refractivity (Wildman–Crippen MR) is 166 cm³/mol. The number of ether oxygens (including phenoxy) is 1. The Morgan fingerprint density at radius 3 is 2.30 bits per heavy atom. The second-order valence-corrected chi connectivity index (χ2v) is 11.1. The Bertz CT molecular complexity index is 1400. The number of carbonyl (C=O) groups is 3. The van der Waals surface area contributed by atoms with Gasteiger partial charge in [-0.2, -0.15) is 0 Å². The van der Waals surface area contributed by atoms with Crippen molar-refractivity contribution < 1.29 is 24.0 Å². The first-order valence-corrected chi connectivity index (χ1v) is 15.1. The smallest absolute Gasteiger partial charge is 0.316 e. The number of esters is 1. The summed E-state index contributed by atoms with van der Waals surface area (Å²) < 4.78 is 5.23. The molecule has 1 unspecified atom stereocenters. The maximum atomic E-state index is 12.9. The minimum atomic E-state index is -0.667. The van der Waals surface area contributed by atoms with Gasteiger partial charge >= 0.3 is 5.97 Å². The number of rotatable bonds is 14. The van der Waals surface area contributed by atoms with Gasteiger partial charge in [-0.3, -0.25) is 24.5 Å². The summed E-state index contributed by atoms with van der Waals surface area (Å²) in [5, 5.41) is 17.6. The molecule has 0 aromatic heterocycles. The third kappa shape index (κ3) is 6.67. The van der Waals surface area contributed by atoms with Crippen molar-refractivity contribution in [1.82, 2.24) is 20.4 Å². The zero-order chi connectivity index (χ0) is 31.7. The molecule has 0 spiro atoms. The topological polar surface area (TPSA) is 134 Å². The van der Waals surface area contributed by atoms with Crippen molar-refractivity contribution in [2.45, 2.75) is 57.3 Å². The fourth-order valence-corrected chi connectivity index (χ4v) is 6.45. The van der Waals surface area contributed by atoms with Gasteiger partial charge in [0.1, 0.15) is 0 Å². The number of allylic oxidation sites excluding steroid dienone is 2. The molecule has 0 aliphatic carbocycles. The lowest BCUT2D eigenvalue weighted by atomic mass is 9.72. The lowest BCUT2D eigenvalue weighted by Crippen LogP contribution is -2.48. The molecule has 0 bridgehead atoms. The number of nitro groups is 1. The standard InChI is InChI=1S/C33H41N5O6/c1-4-27-30(34-22-39)29(24-12-14-26(15-13-24)38(42)43)31(28(5-2)35-27)37(23-40)19-9-18-36-20-16-33(17-21-36,32(41)44-3)25-10-7-6-8-11-25/h6-8,10-15,22-23,29,35H,4-5,9,16-21H2,1-3H3,(H,34,39). The zero-order valence-corrected chi connectivity index (χ0v) is 25.6. The molecule has 1 saturated heterocycles. The average Bonchev–Trinajstić information content (AvgIpc) is 3.07. The quantitative estimate of drug-likeness (QED) is 0.141. The monoisotopic (exact) mass is 603 g/mol. The highest BCUT2D eigenvalue weighted by Gasteiger charge is 2.44. The highest BCUT2D eigenvalue weighted by molar-refractivity contribution is 5.83. The van der Waals surface area contributed by atoms with E-state index in [0.717, 1.165) is 48.6 Å². The van der Waals surface area contributed by atoms with E-state index in [1.807, 2.05) is 44.2 Å². The van der Waals surface area contributed by atoms with E-state index in [1.54, 1.807) is 17.0 Å². The van der Waals surface area contributed by atoms with Crippen LogP contribution in [0.4, 0.5) is 5.69 Å². The number of non-ortho nitro benzene ring substituents is 1. The number of benzene rings is 2. The second-order valence-electron chi connectivity index (χ2n) is 11.1. The molecule has 1 atom stereocenters. The Balaban J connectivity index is 1.53. The molecule has 44 heavy (non-hydrogen) atoms. The van der Waals surface area contributed by atoms with Gasteiger partial charge in [0.25, 0.3) is 5.69 Å². The highest BCUT2D eigenvalue weighted by Crippen LogP contribution is 2.40. The van der Waals surface area contributed by atoms with Crippen molar-refractivity contribution in [2.75, 3.05) is 33.3 Å². The van der Waals surface area contributed by atoms with Crippen LogP contribution in [0, 0.1) is 10.1 Å². The normalized spacial score (nSPS) is 18.3. The first-order valence-electron chi connectivity index (χ1n) is 15.1. The van der Waals surface area contributed by atoms with E-state index < -0.39 is 16.3 Å². The van der Waals surface area contributed by atoms with E-state index in [2.05, 4.69) is 15.5 Å². The summed E-state index contributed by atoms with van der Waals surface area (Å²) in [5.41, 5.74) is 4.02. The van der Waals surface area contributed by atoms with Crippen LogP contribution in [0.3, 0.4) is 0 Å². The Hall–Kier alpha value is -4.51. The molecule has 2 aromatic carbocycles. The molecule has 2 aromatic rings. The van der Waals surface area contributed by atoms with Crippen molar-refractivity contribution in [3.05, 3.63) is 98.6 Å². The van der Waals surface area contributed by atoms with Gasteiger partial charge in [0.15, 0.2) is 0 Å². The number of carbonyl (C=O) groups excluding carboxylic acids is 3. The summed E-state index contributed by atoms with van der Waals surface area (Å²) >= 11 is 0. The van der Waals surface area contributed by atoms with Crippen LogP contribution in [-0.2, 0) is 24.5 Å². The minimum Gasteiger partial charge on any atom is -0.468 e. The first kappa shape index (κ1) is 32.4. The lowest BCUT2D eigenvalue weighted by molar-refractivity contribution is -0.384. The number of nitrogens with one attached hydrogen (secondary N) is 2. The maximum Gasteiger partial charge on any atom is 0.316 e. The molecule has 2 amide bonds. The van der Waals surface area contributed by atoms with Crippen LogP contribution in [0.25, 0.3) is 0 Å². The van der Waals surface area contributed by atoms with E-state index in [4.69, 9.17) is 4.74 Å². The van der Waals surface area contributed by atoms with Crippen LogP contribution >= 0.6 is 0 Å². The maximum absolute atomic E-state index is 12.9. The first-order chi connectivity index (χ1) is 21.3. The summed E-state index contributed by atoms with van der Waals surface area (Å²) in [4.78, 5) is 52.1. The number of piperidine rings is 1. The van der Waals surface area contributed by atoms with E-state index >= 15 is 0 Å². The van der Waals surface area contributed by atoms with Gasteiger partial charge in [-0.15, -0.1) is 0 Å². The third-order valence-corrected chi connectivity index (χ3v) is 8.78. The van der Waals surface area contributed by atoms with Crippen LogP contribution in [0.2, 0.25) is 0 Å². The van der Waals surface area contributed by atoms with Crippen molar-refractivity contribution in [2.24, 2.45) is 0 Å². The van der Waals surface area contributed by atoms with E-state index in [-0.39, 0.29) is 11.7 Å². The van der Waals surface area contributed by atoms with E-state index in [1.165, 1.54) is 19.2 Å². The molecule has 234 valence electrons. The number of nitrogens with zero attached hydrogens (tertiary/aromatic N) is 3. The minimum absolute atomic E-state index is 0.0363. The number of amides is 2. The molecule has 2 aliphatic heterocycles.